The fourth-order valence-electron chi connectivity index (χ4n) is 3.53. The van der Waals surface area contributed by atoms with Crippen molar-refractivity contribution in [1.29, 1.82) is 0 Å². The molecule has 27 heavy (non-hydrogen) atoms. The van der Waals surface area contributed by atoms with Crippen molar-refractivity contribution in [3.05, 3.63) is 66.1 Å². The van der Waals surface area contributed by atoms with Crippen LogP contribution in [0.25, 0.3) is 11.4 Å². The van der Waals surface area contributed by atoms with E-state index in [2.05, 4.69) is 19.9 Å². The van der Waals surface area contributed by atoms with Gasteiger partial charge in [-0.2, -0.15) is 0 Å². The van der Waals surface area contributed by atoms with E-state index in [0.717, 1.165) is 23.6 Å². The van der Waals surface area contributed by atoms with E-state index in [4.69, 9.17) is 0 Å². The van der Waals surface area contributed by atoms with Crippen molar-refractivity contribution in [2.24, 2.45) is 5.92 Å². The molecule has 2 atom stereocenters. The highest BCUT2D eigenvalue weighted by atomic mass is 16.3. The number of hydrogen-bond acceptors (Lipinski definition) is 6. The first-order valence-corrected chi connectivity index (χ1v) is 9.07. The zero-order chi connectivity index (χ0) is 18.8. The van der Waals surface area contributed by atoms with Crippen LogP contribution in [-0.4, -0.2) is 44.4 Å². The number of nitrogens with zero attached hydrogens (tertiary/aromatic N) is 4. The maximum Gasteiger partial charge on any atom is 0.165 e. The second-order valence-electron chi connectivity index (χ2n) is 6.97. The molecule has 3 aromatic rings. The number of aliphatic hydroxyl groups is 1. The standard InChI is InChI=1S/C21H22N4O2/c1-14-10-20(24-21(23-14)17-7-2-3-8-18(17)26)25-12-15(19(27)13-25)11-16-6-4-5-9-22-16/h2-10,15,19,26-27H,11-13H2,1H3/t15-,19-/m1/s1. The highest BCUT2D eigenvalue weighted by molar-refractivity contribution is 5.65. The minimum Gasteiger partial charge on any atom is -0.507 e. The summed E-state index contributed by atoms with van der Waals surface area (Å²) in [6, 6.07) is 14.8. The van der Waals surface area contributed by atoms with Gasteiger partial charge in [0, 0.05) is 42.7 Å². The van der Waals surface area contributed by atoms with E-state index >= 15 is 0 Å². The quantitative estimate of drug-likeness (QED) is 0.742. The van der Waals surface area contributed by atoms with Gasteiger partial charge in [-0.05, 0) is 37.6 Å². The Labute approximate surface area is 158 Å². The molecule has 1 aromatic carbocycles. The van der Waals surface area contributed by atoms with Crippen molar-refractivity contribution in [3.8, 4) is 17.1 Å². The number of pyridine rings is 1. The number of aryl methyl sites for hydroxylation is 1. The predicted molar refractivity (Wildman–Crippen MR) is 104 cm³/mol. The molecule has 2 aromatic heterocycles. The molecule has 1 aliphatic rings. The summed E-state index contributed by atoms with van der Waals surface area (Å²) in [6.45, 7) is 3.13. The Bertz CT molecular complexity index is 932. The highest BCUT2D eigenvalue weighted by Crippen LogP contribution is 2.30. The normalized spacial score (nSPS) is 19.4. The summed E-state index contributed by atoms with van der Waals surface area (Å²) >= 11 is 0. The summed E-state index contributed by atoms with van der Waals surface area (Å²) in [4.78, 5) is 15.6. The monoisotopic (exact) mass is 362 g/mol. The molecule has 0 spiro atoms. The SMILES string of the molecule is Cc1cc(N2C[C@@H](Cc3ccccn3)[C@H](O)C2)nc(-c2ccccc2O)n1. The van der Waals surface area contributed by atoms with Crippen LogP contribution in [0.5, 0.6) is 5.75 Å². The molecule has 0 unspecified atom stereocenters. The number of aliphatic hydroxyl groups excluding tert-OH is 1. The van der Waals surface area contributed by atoms with E-state index in [0.29, 0.717) is 24.5 Å². The van der Waals surface area contributed by atoms with Crippen LogP contribution >= 0.6 is 0 Å². The molecule has 0 aliphatic carbocycles. The highest BCUT2D eigenvalue weighted by Gasteiger charge is 2.32. The van der Waals surface area contributed by atoms with Gasteiger partial charge in [-0.15, -0.1) is 0 Å². The number of aromatic nitrogens is 3. The first-order chi connectivity index (χ1) is 13.1. The molecule has 3 heterocycles. The van der Waals surface area contributed by atoms with Gasteiger partial charge in [0.25, 0.3) is 0 Å². The molecule has 1 fully saturated rings. The number of phenolic OH excluding ortho intramolecular Hbond substituents is 1. The lowest BCUT2D eigenvalue weighted by Crippen LogP contribution is -2.22. The van der Waals surface area contributed by atoms with Gasteiger partial charge in [-0.1, -0.05) is 18.2 Å². The second-order valence-corrected chi connectivity index (χ2v) is 6.97. The van der Waals surface area contributed by atoms with Gasteiger partial charge in [-0.3, -0.25) is 4.98 Å². The summed E-state index contributed by atoms with van der Waals surface area (Å²) in [7, 11) is 0. The Balaban J connectivity index is 1.58. The summed E-state index contributed by atoms with van der Waals surface area (Å²) in [5, 5.41) is 20.6. The van der Waals surface area contributed by atoms with Crippen LogP contribution in [0.1, 0.15) is 11.4 Å². The number of hydrogen-bond donors (Lipinski definition) is 2. The van der Waals surface area contributed by atoms with Crippen LogP contribution < -0.4 is 4.90 Å². The predicted octanol–water partition coefficient (Wildman–Crippen LogP) is 2.59. The van der Waals surface area contributed by atoms with Crippen LogP contribution in [-0.2, 0) is 6.42 Å². The lowest BCUT2D eigenvalue weighted by Gasteiger charge is -2.18. The third-order valence-corrected chi connectivity index (χ3v) is 4.91. The van der Waals surface area contributed by atoms with E-state index in [9.17, 15) is 10.2 Å². The third-order valence-electron chi connectivity index (χ3n) is 4.91. The van der Waals surface area contributed by atoms with Gasteiger partial charge in [-0.25, -0.2) is 9.97 Å². The Morgan fingerprint density at radius 1 is 1.07 bits per heavy atom. The zero-order valence-electron chi connectivity index (χ0n) is 15.2. The molecular weight excluding hydrogens is 340 g/mol. The molecule has 1 aliphatic heterocycles. The minimum atomic E-state index is -0.434. The number of rotatable bonds is 4. The fourth-order valence-corrected chi connectivity index (χ4v) is 3.53. The van der Waals surface area contributed by atoms with E-state index < -0.39 is 6.10 Å². The maximum absolute atomic E-state index is 10.5. The zero-order valence-corrected chi connectivity index (χ0v) is 15.2. The lowest BCUT2D eigenvalue weighted by molar-refractivity contribution is 0.148. The molecule has 4 rings (SSSR count). The average molecular weight is 362 g/mol. The molecular formula is C21H22N4O2. The Morgan fingerprint density at radius 3 is 2.67 bits per heavy atom. The van der Waals surface area contributed by atoms with Crippen molar-refractivity contribution < 1.29 is 10.2 Å². The van der Waals surface area contributed by atoms with Crippen molar-refractivity contribution in [3.63, 3.8) is 0 Å². The molecule has 0 amide bonds. The van der Waals surface area contributed by atoms with Crippen molar-refractivity contribution in [2.75, 3.05) is 18.0 Å². The number of phenols is 1. The topological polar surface area (TPSA) is 82.4 Å². The summed E-state index contributed by atoms with van der Waals surface area (Å²) < 4.78 is 0. The average Bonchev–Trinajstić information content (AvgIpc) is 3.03. The first kappa shape index (κ1) is 17.4. The van der Waals surface area contributed by atoms with Gasteiger partial charge < -0.3 is 15.1 Å². The molecule has 138 valence electrons. The number of para-hydroxylation sites is 1. The molecule has 0 radical (unpaired) electrons. The van der Waals surface area contributed by atoms with Crippen molar-refractivity contribution >= 4 is 5.82 Å². The van der Waals surface area contributed by atoms with E-state index in [1.165, 1.54) is 0 Å². The summed E-state index contributed by atoms with van der Waals surface area (Å²) in [6.07, 6.45) is 2.08. The van der Waals surface area contributed by atoms with Crippen molar-refractivity contribution in [1.82, 2.24) is 15.0 Å². The largest absolute Gasteiger partial charge is 0.507 e. The van der Waals surface area contributed by atoms with E-state index in [1.807, 2.05) is 37.3 Å². The van der Waals surface area contributed by atoms with Gasteiger partial charge >= 0.3 is 0 Å². The number of β-amino-alcohol motifs (C(OH)–C–C–N with tert-alkyl or cyclic N) is 1. The summed E-state index contributed by atoms with van der Waals surface area (Å²) in [5.74, 6) is 1.52. The van der Waals surface area contributed by atoms with Gasteiger partial charge in [0.15, 0.2) is 5.82 Å². The van der Waals surface area contributed by atoms with Gasteiger partial charge in [0.05, 0.1) is 11.7 Å². The molecule has 6 heteroatoms. The first-order valence-electron chi connectivity index (χ1n) is 9.07. The smallest absolute Gasteiger partial charge is 0.165 e. The molecule has 2 N–H and O–H groups in total. The van der Waals surface area contributed by atoms with Crippen LogP contribution in [0.3, 0.4) is 0 Å². The Kier molecular flexibility index (Phi) is 4.73. The molecule has 0 bridgehead atoms. The lowest BCUT2D eigenvalue weighted by atomic mass is 10.00. The third kappa shape index (κ3) is 3.75. The molecule has 0 saturated carbocycles. The number of anilines is 1. The van der Waals surface area contributed by atoms with E-state index in [1.54, 1.807) is 24.4 Å². The second kappa shape index (κ2) is 7.32. The summed E-state index contributed by atoms with van der Waals surface area (Å²) in [5.41, 5.74) is 2.41. The van der Waals surface area contributed by atoms with Crippen LogP contribution in [0.15, 0.2) is 54.7 Å². The van der Waals surface area contributed by atoms with Crippen molar-refractivity contribution in [2.45, 2.75) is 19.4 Å². The minimum absolute atomic E-state index is 0.101. The van der Waals surface area contributed by atoms with E-state index in [-0.39, 0.29) is 11.7 Å². The maximum atomic E-state index is 10.5. The number of aromatic hydroxyl groups is 1. The fraction of sp³-hybridized carbons (Fsp3) is 0.286. The van der Waals surface area contributed by atoms with Gasteiger partial charge in [0.2, 0.25) is 0 Å². The molecule has 1 saturated heterocycles. The number of benzene rings is 1. The van der Waals surface area contributed by atoms with Crippen LogP contribution in [0.2, 0.25) is 0 Å². The van der Waals surface area contributed by atoms with Gasteiger partial charge in [0.1, 0.15) is 11.6 Å². The Morgan fingerprint density at radius 2 is 1.89 bits per heavy atom. The Hall–Kier alpha value is -2.99. The molecule has 6 nitrogen and oxygen atoms in total. The van der Waals surface area contributed by atoms with Crippen LogP contribution in [0.4, 0.5) is 5.82 Å². The van der Waals surface area contributed by atoms with Crippen LogP contribution in [0, 0.1) is 12.8 Å².